The van der Waals surface area contributed by atoms with E-state index in [1.54, 1.807) is 12.1 Å². The lowest BCUT2D eigenvalue weighted by Crippen LogP contribution is -2.15. The van der Waals surface area contributed by atoms with E-state index in [4.69, 9.17) is 11.6 Å². The number of nitro benzene ring substituents is 1. The first-order valence-corrected chi connectivity index (χ1v) is 8.70. The van der Waals surface area contributed by atoms with Gasteiger partial charge in [-0.15, -0.1) is 0 Å². The number of fused-ring (bicyclic) bond motifs is 1. The van der Waals surface area contributed by atoms with Crippen molar-refractivity contribution in [3.8, 4) is 0 Å². The number of aromatic nitrogens is 2. The maximum Gasteiger partial charge on any atom is 0.271 e. The van der Waals surface area contributed by atoms with Crippen LogP contribution in [-0.4, -0.2) is 26.1 Å². The van der Waals surface area contributed by atoms with Crippen LogP contribution in [0.5, 0.6) is 0 Å². The number of nitrogens with one attached hydrogen (secondary N) is 1. The summed E-state index contributed by atoms with van der Waals surface area (Å²) in [5.74, 6) is -1.28. The predicted molar refractivity (Wildman–Crippen MR) is 98.1 cm³/mol. The lowest BCUT2D eigenvalue weighted by molar-refractivity contribution is -0.384. The zero-order chi connectivity index (χ0) is 18.8. The fourth-order valence-corrected chi connectivity index (χ4v) is 3.27. The van der Waals surface area contributed by atoms with Crippen LogP contribution < -0.4 is 5.32 Å². The molecule has 7 nitrogen and oxygen atoms in total. The van der Waals surface area contributed by atoms with E-state index < -0.39 is 16.6 Å². The minimum atomic E-state index is -0.744. The zero-order valence-electron chi connectivity index (χ0n) is 13.4. The van der Waals surface area contributed by atoms with E-state index >= 15 is 0 Å². The monoisotopic (exact) mass is 394 g/mol. The molecule has 0 bridgehead atoms. The Labute approximate surface area is 156 Å². The highest BCUT2D eigenvalue weighted by molar-refractivity contribution is 7.99. The average Bonchev–Trinajstić information content (AvgIpc) is 2.90. The largest absolute Gasteiger partial charge is 0.323 e. The number of nitro groups is 1. The van der Waals surface area contributed by atoms with Gasteiger partial charge in [0, 0.05) is 24.2 Å². The summed E-state index contributed by atoms with van der Waals surface area (Å²) in [7, 11) is 1.81. The zero-order valence-corrected chi connectivity index (χ0v) is 15.0. The normalized spacial score (nSPS) is 10.9. The Morgan fingerprint density at radius 2 is 2.15 bits per heavy atom. The van der Waals surface area contributed by atoms with Crippen LogP contribution in [0.25, 0.3) is 11.0 Å². The number of aryl methyl sites for hydroxylation is 1. The number of nitrogens with zero attached hydrogens (tertiary/aromatic N) is 3. The van der Waals surface area contributed by atoms with E-state index in [2.05, 4.69) is 10.3 Å². The molecular weight excluding hydrogens is 383 g/mol. The van der Waals surface area contributed by atoms with Gasteiger partial charge < -0.3 is 9.88 Å². The molecule has 3 rings (SSSR count). The molecule has 1 amide bonds. The smallest absolute Gasteiger partial charge is 0.271 e. The van der Waals surface area contributed by atoms with Gasteiger partial charge in [-0.3, -0.25) is 14.9 Å². The quantitative estimate of drug-likeness (QED) is 0.401. The Balaban J connectivity index is 1.71. The molecule has 0 radical (unpaired) electrons. The van der Waals surface area contributed by atoms with Crippen molar-refractivity contribution in [2.24, 2.45) is 7.05 Å². The van der Waals surface area contributed by atoms with Crippen LogP contribution in [-0.2, 0) is 11.8 Å². The number of carbonyl (C=O) groups is 1. The minimum absolute atomic E-state index is 0.0347. The van der Waals surface area contributed by atoms with E-state index in [0.717, 1.165) is 35.5 Å². The number of thioether (sulfide) groups is 1. The molecule has 0 spiro atoms. The van der Waals surface area contributed by atoms with Crippen molar-refractivity contribution < 1.29 is 14.1 Å². The van der Waals surface area contributed by atoms with Crippen molar-refractivity contribution in [3.05, 3.63) is 57.4 Å². The average molecular weight is 395 g/mol. The lowest BCUT2D eigenvalue weighted by atomic mass is 10.2. The SMILES string of the molecule is Cn1c(SCC(=O)Nc2cc([N+](=O)[O-])ccc2F)nc2cc(Cl)ccc21. The molecule has 0 unspecified atom stereocenters. The van der Waals surface area contributed by atoms with E-state index in [0.29, 0.717) is 15.7 Å². The predicted octanol–water partition coefficient (Wildman–Crippen LogP) is 4.00. The second kappa shape index (κ2) is 7.30. The van der Waals surface area contributed by atoms with Crippen LogP contribution in [0.15, 0.2) is 41.6 Å². The molecule has 0 fully saturated rings. The Morgan fingerprint density at radius 3 is 2.88 bits per heavy atom. The minimum Gasteiger partial charge on any atom is -0.323 e. The summed E-state index contributed by atoms with van der Waals surface area (Å²) in [5.41, 5.74) is 1.03. The van der Waals surface area contributed by atoms with Gasteiger partial charge in [0.2, 0.25) is 5.91 Å². The molecule has 0 aliphatic heterocycles. The Morgan fingerprint density at radius 1 is 1.38 bits per heavy atom. The summed E-state index contributed by atoms with van der Waals surface area (Å²) in [6.07, 6.45) is 0. The fourth-order valence-electron chi connectivity index (χ4n) is 2.32. The molecule has 1 aromatic heterocycles. The van der Waals surface area contributed by atoms with Gasteiger partial charge in [-0.2, -0.15) is 0 Å². The molecule has 0 aliphatic rings. The molecule has 0 aliphatic carbocycles. The van der Waals surface area contributed by atoms with E-state index in [1.807, 2.05) is 17.7 Å². The van der Waals surface area contributed by atoms with Crippen LogP contribution in [0.3, 0.4) is 0 Å². The van der Waals surface area contributed by atoms with Gasteiger partial charge in [-0.25, -0.2) is 9.37 Å². The first kappa shape index (κ1) is 18.2. The van der Waals surface area contributed by atoms with Crippen molar-refractivity contribution in [3.63, 3.8) is 0 Å². The van der Waals surface area contributed by atoms with Crippen LogP contribution in [0.2, 0.25) is 5.02 Å². The topological polar surface area (TPSA) is 90.1 Å². The van der Waals surface area contributed by atoms with Gasteiger partial charge in [0.1, 0.15) is 5.82 Å². The van der Waals surface area contributed by atoms with Crippen LogP contribution in [0.1, 0.15) is 0 Å². The number of carbonyl (C=O) groups excluding carboxylic acids is 1. The van der Waals surface area contributed by atoms with Crippen LogP contribution >= 0.6 is 23.4 Å². The first-order chi connectivity index (χ1) is 12.3. The number of benzene rings is 2. The van der Waals surface area contributed by atoms with Gasteiger partial charge >= 0.3 is 0 Å². The summed E-state index contributed by atoms with van der Waals surface area (Å²) in [6, 6.07) is 8.25. The summed E-state index contributed by atoms with van der Waals surface area (Å²) < 4.78 is 15.5. The number of non-ortho nitro benzene ring substituents is 1. The number of hydrogen-bond donors (Lipinski definition) is 1. The Hall–Kier alpha value is -2.65. The summed E-state index contributed by atoms with van der Waals surface area (Å²) in [5, 5.41) is 14.2. The van der Waals surface area contributed by atoms with Crippen molar-refractivity contribution in [2.45, 2.75) is 5.16 Å². The number of rotatable bonds is 5. The number of halogens is 2. The molecule has 26 heavy (non-hydrogen) atoms. The van der Waals surface area contributed by atoms with Gasteiger partial charge in [-0.05, 0) is 24.3 Å². The van der Waals surface area contributed by atoms with Gasteiger partial charge in [0.15, 0.2) is 5.16 Å². The summed E-state index contributed by atoms with van der Waals surface area (Å²) in [4.78, 5) is 26.6. The fraction of sp³-hybridized carbons (Fsp3) is 0.125. The molecule has 1 heterocycles. The van der Waals surface area contributed by atoms with E-state index in [9.17, 15) is 19.3 Å². The number of imidazole rings is 1. The molecular formula is C16H12ClFN4O3S. The maximum atomic E-state index is 13.7. The third kappa shape index (κ3) is 3.78. The van der Waals surface area contributed by atoms with Crippen molar-refractivity contribution in [2.75, 3.05) is 11.1 Å². The van der Waals surface area contributed by atoms with E-state index in [-0.39, 0.29) is 17.1 Å². The first-order valence-electron chi connectivity index (χ1n) is 7.33. The molecule has 1 N–H and O–H groups in total. The molecule has 0 atom stereocenters. The van der Waals surface area contributed by atoms with Gasteiger partial charge in [0.25, 0.3) is 5.69 Å². The highest BCUT2D eigenvalue weighted by Gasteiger charge is 2.15. The molecule has 0 saturated heterocycles. The summed E-state index contributed by atoms with van der Waals surface area (Å²) >= 11 is 7.11. The van der Waals surface area contributed by atoms with Crippen LogP contribution in [0.4, 0.5) is 15.8 Å². The third-order valence-corrected chi connectivity index (χ3v) is 4.83. The highest BCUT2D eigenvalue weighted by Crippen LogP contribution is 2.26. The molecule has 0 saturated carbocycles. The van der Waals surface area contributed by atoms with Gasteiger partial charge in [-0.1, -0.05) is 23.4 Å². The second-order valence-electron chi connectivity index (χ2n) is 5.34. The lowest BCUT2D eigenvalue weighted by Gasteiger charge is -2.06. The number of hydrogen-bond acceptors (Lipinski definition) is 5. The van der Waals surface area contributed by atoms with Crippen molar-refractivity contribution in [1.29, 1.82) is 0 Å². The van der Waals surface area contributed by atoms with Crippen molar-refractivity contribution in [1.82, 2.24) is 9.55 Å². The molecule has 3 aromatic rings. The number of anilines is 1. The van der Waals surface area contributed by atoms with Crippen molar-refractivity contribution >= 4 is 51.7 Å². The van der Waals surface area contributed by atoms with E-state index in [1.165, 1.54) is 0 Å². The third-order valence-electron chi connectivity index (χ3n) is 3.57. The van der Waals surface area contributed by atoms with Crippen LogP contribution in [0, 0.1) is 15.9 Å². The number of amides is 1. The Bertz CT molecular complexity index is 1020. The standard InChI is InChI=1S/C16H12ClFN4O3S/c1-21-14-5-2-9(17)6-13(14)20-16(21)26-8-15(23)19-12-7-10(22(24)25)3-4-11(12)18/h2-7H,8H2,1H3,(H,19,23). The molecule has 10 heteroatoms. The molecule has 134 valence electrons. The maximum absolute atomic E-state index is 13.7. The molecule has 2 aromatic carbocycles. The van der Waals surface area contributed by atoms with Gasteiger partial charge in [0.05, 0.1) is 27.4 Å². The summed E-state index contributed by atoms with van der Waals surface area (Å²) in [6.45, 7) is 0. The Kier molecular flexibility index (Phi) is 5.10. The second-order valence-corrected chi connectivity index (χ2v) is 6.72. The highest BCUT2D eigenvalue weighted by atomic mass is 35.5.